The Hall–Kier alpha value is -0.940. The lowest BCUT2D eigenvalue weighted by atomic mass is 10.1. The van der Waals surface area contributed by atoms with Gasteiger partial charge in [-0.15, -0.1) is 0 Å². The Labute approximate surface area is 116 Å². The lowest BCUT2D eigenvalue weighted by molar-refractivity contribution is 0.0904. The standard InChI is InChI=1S/C13H19BrN2O2/c1-10(2)5-8-18-9-7-16-13(17)11-4-3-6-15-12(11)14/h3-4,6,10H,5,7-9H2,1-2H3,(H,16,17). The molecule has 0 bridgehead atoms. The average molecular weight is 315 g/mol. The van der Waals surface area contributed by atoms with Crippen LogP contribution in [0.4, 0.5) is 0 Å². The topological polar surface area (TPSA) is 51.2 Å². The number of rotatable bonds is 7. The number of hydrogen-bond acceptors (Lipinski definition) is 3. The molecule has 0 spiro atoms. The largest absolute Gasteiger partial charge is 0.380 e. The zero-order valence-corrected chi connectivity index (χ0v) is 12.4. The van der Waals surface area contributed by atoms with E-state index in [-0.39, 0.29) is 5.91 Å². The number of halogens is 1. The van der Waals surface area contributed by atoms with Crippen molar-refractivity contribution in [1.82, 2.24) is 10.3 Å². The molecule has 1 aromatic rings. The van der Waals surface area contributed by atoms with E-state index in [9.17, 15) is 4.79 Å². The summed E-state index contributed by atoms with van der Waals surface area (Å²) in [4.78, 5) is 15.8. The van der Waals surface area contributed by atoms with Gasteiger partial charge in [0.2, 0.25) is 0 Å². The van der Waals surface area contributed by atoms with E-state index in [4.69, 9.17) is 4.74 Å². The molecule has 0 aliphatic heterocycles. The Morgan fingerprint density at radius 3 is 2.94 bits per heavy atom. The molecule has 18 heavy (non-hydrogen) atoms. The number of carbonyl (C=O) groups is 1. The average Bonchev–Trinajstić information content (AvgIpc) is 2.33. The number of carbonyl (C=O) groups excluding carboxylic acids is 1. The van der Waals surface area contributed by atoms with Crippen LogP contribution in [-0.2, 0) is 4.74 Å². The fourth-order valence-electron chi connectivity index (χ4n) is 1.31. The molecule has 0 aliphatic carbocycles. The van der Waals surface area contributed by atoms with E-state index in [1.54, 1.807) is 18.3 Å². The van der Waals surface area contributed by atoms with Crippen LogP contribution in [0.2, 0.25) is 0 Å². The Bertz CT molecular complexity index is 383. The lowest BCUT2D eigenvalue weighted by Crippen LogP contribution is -2.27. The molecular weight excluding hydrogens is 296 g/mol. The molecular formula is C13H19BrN2O2. The predicted molar refractivity (Wildman–Crippen MR) is 74.5 cm³/mol. The van der Waals surface area contributed by atoms with Gasteiger partial charge in [0.1, 0.15) is 4.60 Å². The van der Waals surface area contributed by atoms with Crippen molar-refractivity contribution in [3.05, 3.63) is 28.5 Å². The molecule has 0 aliphatic rings. The third kappa shape index (κ3) is 5.60. The molecule has 1 aromatic heterocycles. The molecule has 100 valence electrons. The third-order valence-electron chi connectivity index (χ3n) is 2.38. The van der Waals surface area contributed by atoms with Crippen LogP contribution in [0.3, 0.4) is 0 Å². The highest BCUT2D eigenvalue weighted by Crippen LogP contribution is 2.11. The number of pyridine rings is 1. The fraction of sp³-hybridized carbons (Fsp3) is 0.538. The Morgan fingerprint density at radius 1 is 1.50 bits per heavy atom. The van der Waals surface area contributed by atoms with Gasteiger partial charge in [-0.1, -0.05) is 13.8 Å². The summed E-state index contributed by atoms with van der Waals surface area (Å²) in [6.07, 6.45) is 2.68. The second-order valence-electron chi connectivity index (χ2n) is 4.39. The first kappa shape index (κ1) is 15.1. The molecule has 4 nitrogen and oxygen atoms in total. The first-order chi connectivity index (χ1) is 8.61. The minimum atomic E-state index is -0.137. The summed E-state index contributed by atoms with van der Waals surface area (Å²) in [5.41, 5.74) is 0.541. The highest BCUT2D eigenvalue weighted by molar-refractivity contribution is 9.10. The van der Waals surface area contributed by atoms with E-state index in [0.29, 0.717) is 29.2 Å². The predicted octanol–water partition coefficient (Wildman–Crippen LogP) is 2.64. The fourth-order valence-corrected chi connectivity index (χ4v) is 1.74. The molecule has 5 heteroatoms. The third-order valence-corrected chi connectivity index (χ3v) is 3.01. The smallest absolute Gasteiger partial charge is 0.254 e. The van der Waals surface area contributed by atoms with Crippen molar-refractivity contribution in [1.29, 1.82) is 0 Å². The lowest BCUT2D eigenvalue weighted by Gasteiger charge is -2.08. The van der Waals surface area contributed by atoms with Crippen LogP contribution >= 0.6 is 15.9 Å². The quantitative estimate of drug-likeness (QED) is 0.622. The Balaban J connectivity index is 2.20. The molecule has 0 saturated carbocycles. The highest BCUT2D eigenvalue weighted by atomic mass is 79.9. The van der Waals surface area contributed by atoms with Gasteiger partial charge in [0.25, 0.3) is 5.91 Å². The Kier molecular flexibility index (Phi) is 6.90. The summed E-state index contributed by atoms with van der Waals surface area (Å²) in [6, 6.07) is 3.46. The molecule has 0 fully saturated rings. The molecule has 0 atom stereocenters. The van der Waals surface area contributed by atoms with Crippen LogP contribution in [0.1, 0.15) is 30.6 Å². The van der Waals surface area contributed by atoms with Gasteiger partial charge in [0, 0.05) is 19.3 Å². The van der Waals surface area contributed by atoms with E-state index >= 15 is 0 Å². The number of hydrogen-bond donors (Lipinski definition) is 1. The maximum absolute atomic E-state index is 11.8. The minimum Gasteiger partial charge on any atom is -0.380 e. The van der Waals surface area contributed by atoms with E-state index in [2.05, 4.69) is 40.1 Å². The van der Waals surface area contributed by atoms with E-state index < -0.39 is 0 Å². The molecule has 1 heterocycles. The Morgan fingerprint density at radius 2 is 2.28 bits per heavy atom. The van der Waals surface area contributed by atoms with Crippen molar-refractivity contribution in [2.24, 2.45) is 5.92 Å². The van der Waals surface area contributed by atoms with Gasteiger partial charge in [-0.3, -0.25) is 4.79 Å². The van der Waals surface area contributed by atoms with Crippen LogP contribution in [-0.4, -0.2) is 30.6 Å². The van der Waals surface area contributed by atoms with Crippen molar-refractivity contribution >= 4 is 21.8 Å². The normalized spacial score (nSPS) is 10.7. The molecule has 0 unspecified atom stereocenters. The molecule has 1 amide bonds. The van der Waals surface area contributed by atoms with Crippen LogP contribution in [0.25, 0.3) is 0 Å². The second-order valence-corrected chi connectivity index (χ2v) is 5.14. The van der Waals surface area contributed by atoms with Crippen LogP contribution in [0, 0.1) is 5.92 Å². The van der Waals surface area contributed by atoms with Gasteiger partial charge < -0.3 is 10.1 Å². The van der Waals surface area contributed by atoms with Crippen molar-refractivity contribution in [2.45, 2.75) is 20.3 Å². The highest BCUT2D eigenvalue weighted by Gasteiger charge is 2.08. The van der Waals surface area contributed by atoms with E-state index in [0.717, 1.165) is 13.0 Å². The maximum atomic E-state index is 11.8. The number of amides is 1. The summed E-state index contributed by atoms with van der Waals surface area (Å²) in [5.74, 6) is 0.508. The van der Waals surface area contributed by atoms with Gasteiger partial charge in [-0.05, 0) is 40.4 Å². The van der Waals surface area contributed by atoms with E-state index in [1.165, 1.54) is 0 Å². The van der Waals surface area contributed by atoms with Crippen molar-refractivity contribution in [3.8, 4) is 0 Å². The summed E-state index contributed by atoms with van der Waals surface area (Å²) in [7, 11) is 0. The van der Waals surface area contributed by atoms with Crippen LogP contribution in [0.15, 0.2) is 22.9 Å². The zero-order chi connectivity index (χ0) is 13.4. The summed E-state index contributed by atoms with van der Waals surface area (Å²) >= 11 is 3.24. The second kappa shape index (κ2) is 8.21. The summed E-state index contributed by atoms with van der Waals surface area (Å²) in [6.45, 7) is 6.11. The van der Waals surface area contributed by atoms with Crippen LogP contribution in [0.5, 0.6) is 0 Å². The maximum Gasteiger partial charge on any atom is 0.254 e. The van der Waals surface area contributed by atoms with Gasteiger partial charge in [0.15, 0.2) is 0 Å². The monoisotopic (exact) mass is 314 g/mol. The van der Waals surface area contributed by atoms with Gasteiger partial charge in [0.05, 0.1) is 12.2 Å². The number of nitrogens with zero attached hydrogens (tertiary/aromatic N) is 1. The summed E-state index contributed by atoms with van der Waals surface area (Å²) < 4.78 is 5.98. The SMILES string of the molecule is CC(C)CCOCCNC(=O)c1cccnc1Br. The van der Waals surface area contributed by atoms with Crippen molar-refractivity contribution in [2.75, 3.05) is 19.8 Å². The van der Waals surface area contributed by atoms with Crippen molar-refractivity contribution in [3.63, 3.8) is 0 Å². The first-order valence-electron chi connectivity index (χ1n) is 6.07. The molecule has 1 rings (SSSR count). The van der Waals surface area contributed by atoms with E-state index in [1.807, 2.05) is 0 Å². The molecule has 0 saturated heterocycles. The van der Waals surface area contributed by atoms with Gasteiger partial charge in [-0.25, -0.2) is 4.98 Å². The summed E-state index contributed by atoms with van der Waals surface area (Å²) in [5, 5.41) is 2.79. The van der Waals surface area contributed by atoms with Gasteiger partial charge in [-0.2, -0.15) is 0 Å². The molecule has 1 N–H and O–H groups in total. The molecule has 0 radical (unpaired) electrons. The molecule has 0 aromatic carbocycles. The number of nitrogens with one attached hydrogen (secondary N) is 1. The van der Waals surface area contributed by atoms with Crippen molar-refractivity contribution < 1.29 is 9.53 Å². The number of aromatic nitrogens is 1. The van der Waals surface area contributed by atoms with Gasteiger partial charge >= 0.3 is 0 Å². The first-order valence-corrected chi connectivity index (χ1v) is 6.87. The van der Waals surface area contributed by atoms with Crippen LogP contribution < -0.4 is 5.32 Å². The minimum absolute atomic E-state index is 0.137. The number of ether oxygens (including phenoxy) is 1. The zero-order valence-electron chi connectivity index (χ0n) is 10.8.